The minimum atomic E-state index is -0.523. The van der Waals surface area contributed by atoms with Crippen molar-refractivity contribution in [2.24, 2.45) is 0 Å². The van der Waals surface area contributed by atoms with E-state index in [0.29, 0.717) is 41.0 Å². The largest absolute Gasteiger partial charge is 0.490 e. The molecule has 0 atom stereocenters. The number of hydrogen-bond donors (Lipinski definition) is 1. The molecule has 1 amide bonds. The Morgan fingerprint density at radius 1 is 1.06 bits per heavy atom. The summed E-state index contributed by atoms with van der Waals surface area (Å²) in [7, 11) is 0. The lowest BCUT2D eigenvalue weighted by Gasteiger charge is -2.15. The molecule has 0 aliphatic carbocycles. The number of anilines is 1. The number of nitrogens with one attached hydrogen (secondary N) is 1. The van der Waals surface area contributed by atoms with Gasteiger partial charge in [0.25, 0.3) is 5.91 Å². The zero-order valence-corrected chi connectivity index (χ0v) is 21.8. The molecule has 0 aliphatic rings. The van der Waals surface area contributed by atoms with Crippen LogP contribution in [0.15, 0.2) is 88.9 Å². The Morgan fingerprint density at radius 3 is 2.56 bits per heavy atom. The number of ether oxygens (including phenoxy) is 2. The van der Waals surface area contributed by atoms with Gasteiger partial charge in [-0.15, -0.1) is 0 Å². The van der Waals surface area contributed by atoms with E-state index in [1.165, 1.54) is 6.08 Å². The first-order chi connectivity index (χ1) is 17.5. The van der Waals surface area contributed by atoms with Crippen molar-refractivity contribution in [3.8, 4) is 17.6 Å². The first-order valence-electron chi connectivity index (χ1n) is 11.2. The number of carbonyl (C=O) groups is 1. The predicted octanol–water partition coefficient (Wildman–Crippen LogP) is 7.78. The summed E-state index contributed by atoms with van der Waals surface area (Å²) < 4.78 is 12.8. The third-order valence-electron chi connectivity index (χ3n) is 5.36. The van der Waals surface area contributed by atoms with E-state index in [2.05, 4.69) is 39.4 Å². The molecule has 5 nitrogen and oxygen atoms in total. The second-order valence-corrected chi connectivity index (χ2v) is 9.14. The molecule has 4 aromatic carbocycles. The van der Waals surface area contributed by atoms with E-state index >= 15 is 0 Å². The highest BCUT2D eigenvalue weighted by atomic mass is 79.9. The number of nitrogens with zero attached hydrogens (tertiary/aromatic N) is 1. The van der Waals surface area contributed by atoms with Crippen LogP contribution in [0.2, 0.25) is 5.02 Å². The molecular formula is C29H22BrClN2O3. The van der Waals surface area contributed by atoms with Crippen LogP contribution in [0.5, 0.6) is 11.5 Å². The Kier molecular flexibility index (Phi) is 8.27. The van der Waals surface area contributed by atoms with Gasteiger partial charge in [-0.1, -0.05) is 70.0 Å². The third-order valence-corrected chi connectivity index (χ3v) is 6.17. The summed E-state index contributed by atoms with van der Waals surface area (Å²) in [5.41, 5.74) is 2.07. The van der Waals surface area contributed by atoms with E-state index in [0.717, 1.165) is 20.8 Å². The van der Waals surface area contributed by atoms with E-state index in [4.69, 9.17) is 21.1 Å². The van der Waals surface area contributed by atoms with Crippen LogP contribution in [-0.2, 0) is 11.4 Å². The summed E-state index contributed by atoms with van der Waals surface area (Å²) in [5.74, 6) is 0.314. The summed E-state index contributed by atoms with van der Waals surface area (Å²) in [5, 5.41) is 14.9. The second kappa shape index (κ2) is 11.8. The van der Waals surface area contributed by atoms with Gasteiger partial charge in [-0.2, -0.15) is 5.26 Å². The maximum atomic E-state index is 12.7. The van der Waals surface area contributed by atoms with Crippen LogP contribution in [0.25, 0.3) is 16.8 Å². The van der Waals surface area contributed by atoms with E-state index in [1.807, 2.05) is 37.3 Å². The molecule has 7 heteroatoms. The van der Waals surface area contributed by atoms with Crippen molar-refractivity contribution < 1.29 is 14.3 Å². The number of hydrogen-bond acceptors (Lipinski definition) is 4. The number of fused-ring (bicyclic) bond motifs is 1. The van der Waals surface area contributed by atoms with Crippen molar-refractivity contribution in [1.29, 1.82) is 5.26 Å². The van der Waals surface area contributed by atoms with Crippen LogP contribution in [0, 0.1) is 11.3 Å². The number of benzene rings is 4. The number of nitriles is 1. The van der Waals surface area contributed by atoms with Gasteiger partial charge in [-0.3, -0.25) is 4.79 Å². The van der Waals surface area contributed by atoms with Crippen LogP contribution in [0.1, 0.15) is 18.1 Å². The zero-order chi connectivity index (χ0) is 25.5. The summed E-state index contributed by atoms with van der Waals surface area (Å²) in [6, 6.07) is 26.5. The van der Waals surface area contributed by atoms with Crippen molar-refractivity contribution in [3.63, 3.8) is 0 Å². The highest BCUT2D eigenvalue weighted by Gasteiger charge is 2.15. The fourth-order valence-electron chi connectivity index (χ4n) is 3.69. The van der Waals surface area contributed by atoms with Crippen LogP contribution in [-0.4, -0.2) is 12.5 Å². The van der Waals surface area contributed by atoms with Crippen LogP contribution in [0.4, 0.5) is 5.69 Å². The molecule has 4 aromatic rings. The van der Waals surface area contributed by atoms with Gasteiger partial charge in [-0.25, -0.2) is 0 Å². The fraction of sp³-hybridized carbons (Fsp3) is 0.103. The summed E-state index contributed by atoms with van der Waals surface area (Å²) in [4.78, 5) is 12.7. The van der Waals surface area contributed by atoms with Crippen molar-refractivity contribution in [3.05, 3.63) is 105 Å². The van der Waals surface area contributed by atoms with Crippen molar-refractivity contribution in [2.75, 3.05) is 11.9 Å². The summed E-state index contributed by atoms with van der Waals surface area (Å²) >= 11 is 9.94. The van der Waals surface area contributed by atoms with E-state index in [1.54, 1.807) is 36.4 Å². The first-order valence-corrected chi connectivity index (χ1v) is 12.4. The van der Waals surface area contributed by atoms with Gasteiger partial charge in [-0.05, 0) is 71.3 Å². The minimum absolute atomic E-state index is 0.0687. The normalized spacial score (nSPS) is 11.1. The molecule has 180 valence electrons. The minimum Gasteiger partial charge on any atom is -0.490 e. The molecule has 0 fully saturated rings. The van der Waals surface area contributed by atoms with E-state index in [9.17, 15) is 10.1 Å². The van der Waals surface area contributed by atoms with Gasteiger partial charge in [0.2, 0.25) is 0 Å². The first kappa shape index (κ1) is 25.3. The molecule has 1 N–H and O–H groups in total. The van der Waals surface area contributed by atoms with Crippen molar-refractivity contribution >= 4 is 56.0 Å². The molecular weight excluding hydrogens is 540 g/mol. The lowest BCUT2D eigenvalue weighted by Crippen LogP contribution is -2.13. The molecule has 0 spiro atoms. The predicted molar refractivity (Wildman–Crippen MR) is 147 cm³/mol. The Labute approximate surface area is 223 Å². The average Bonchev–Trinajstić information content (AvgIpc) is 2.88. The molecule has 0 aliphatic heterocycles. The number of rotatable bonds is 8. The average molecular weight is 562 g/mol. The van der Waals surface area contributed by atoms with Crippen molar-refractivity contribution in [2.45, 2.75) is 13.5 Å². The molecule has 0 heterocycles. The zero-order valence-electron chi connectivity index (χ0n) is 19.4. The monoisotopic (exact) mass is 560 g/mol. The van der Waals surface area contributed by atoms with Crippen LogP contribution in [0.3, 0.4) is 0 Å². The standard InChI is InChI=1S/C29H22BrClN2O3/c1-2-35-27-16-19(14-22(17-32)29(34)33-24-12-10-23(30)11-13-24)15-26(31)28(27)36-18-21-8-5-7-20-6-3-4-9-25(20)21/h3-16H,2,18H2,1H3,(H,33,34)/b22-14+. The van der Waals surface area contributed by atoms with Gasteiger partial charge in [0.05, 0.1) is 11.6 Å². The Balaban J connectivity index is 1.59. The SMILES string of the molecule is CCOc1cc(/C=C(\C#N)C(=O)Nc2ccc(Br)cc2)cc(Cl)c1OCc1cccc2ccccc12. The molecule has 4 rings (SSSR count). The van der Waals surface area contributed by atoms with Gasteiger partial charge in [0.1, 0.15) is 18.2 Å². The lowest BCUT2D eigenvalue weighted by atomic mass is 10.1. The summed E-state index contributed by atoms with van der Waals surface area (Å²) in [6.07, 6.45) is 1.47. The Bertz CT molecular complexity index is 1470. The lowest BCUT2D eigenvalue weighted by molar-refractivity contribution is -0.112. The third kappa shape index (κ3) is 6.06. The highest BCUT2D eigenvalue weighted by Crippen LogP contribution is 2.38. The number of amides is 1. The Morgan fingerprint density at radius 2 is 1.81 bits per heavy atom. The number of halogens is 2. The molecule has 0 radical (unpaired) electrons. The topological polar surface area (TPSA) is 71.3 Å². The second-order valence-electron chi connectivity index (χ2n) is 7.82. The van der Waals surface area contributed by atoms with Gasteiger partial charge in [0.15, 0.2) is 11.5 Å². The van der Waals surface area contributed by atoms with E-state index < -0.39 is 5.91 Å². The maximum Gasteiger partial charge on any atom is 0.266 e. The maximum absolute atomic E-state index is 12.7. The molecule has 0 saturated carbocycles. The Hall–Kier alpha value is -3.79. The molecule has 0 aromatic heterocycles. The van der Waals surface area contributed by atoms with Crippen LogP contribution < -0.4 is 14.8 Å². The molecule has 0 saturated heterocycles. The summed E-state index contributed by atoms with van der Waals surface area (Å²) in [6.45, 7) is 2.55. The number of carbonyl (C=O) groups excluding carboxylic acids is 1. The van der Waals surface area contributed by atoms with E-state index in [-0.39, 0.29) is 5.57 Å². The van der Waals surface area contributed by atoms with Gasteiger partial charge >= 0.3 is 0 Å². The quantitative estimate of drug-likeness (QED) is 0.176. The van der Waals surface area contributed by atoms with Crippen molar-refractivity contribution in [1.82, 2.24) is 0 Å². The fourth-order valence-corrected chi connectivity index (χ4v) is 4.23. The highest BCUT2D eigenvalue weighted by molar-refractivity contribution is 9.10. The molecule has 0 unspecified atom stereocenters. The van der Waals surface area contributed by atoms with Crippen LogP contribution >= 0.6 is 27.5 Å². The van der Waals surface area contributed by atoms with Gasteiger partial charge < -0.3 is 14.8 Å². The smallest absolute Gasteiger partial charge is 0.266 e. The molecule has 0 bridgehead atoms. The molecule has 36 heavy (non-hydrogen) atoms. The van der Waals surface area contributed by atoms with Gasteiger partial charge in [0, 0.05) is 10.2 Å².